The quantitative estimate of drug-likeness (QED) is 0.874. The molecule has 1 aliphatic rings. The molecule has 1 saturated heterocycles. The van der Waals surface area contributed by atoms with Crippen LogP contribution in [0.5, 0.6) is 5.75 Å². The number of aliphatic carboxylic acids is 1. The highest BCUT2D eigenvalue weighted by Gasteiger charge is 2.34. The molecule has 5 heteroatoms. The SMILES string of the molecule is COc1cccc(C2CCCN2C(=O)CC(C)(C)CC(=O)O)c1. The van der Waals surface area contributed by atoms with Crippen LogP contribution in [0.3, 0.4) is 0 Å². The van der Waals surface area contributed by atoms with Crippen molar-refractivity contribution < 1.29 is 19.4 Å². The summed E-state index contributed by atoms with van der Waals surface area (Å²) in [5.41, 5.74) is 0.538. The molecule has 1 amide bonds. The van der Waals surface area contributed by atoms with Crippen molar-refractivity contribution in [2.24, 2.45) is 5.41 Å². The third-order valence-corrected chi connectivity index (χ3v) is 4.31. The molecule has 5 nitrogen and oxygen atoms in total. The van der Waals surface area contributed by atoms with Crippen LogP contribution in [0.25, 0.3) is 0 Å². The van der Waals surface area contributed by atoms with Gasteiger partial charge in [0.05, 0.1) is 19.6 Å². The highest BCUT2D eigenvalue weighted by molar-refractivity contribution is 5.79. The second-order valence-corrected chi connectivity index (χ2v) is 6.93. The Morgan fingerprint density at radius 1 is 1.35 bits per heavy atom. The lowest BCUT2D eigenvalue weighted by Gasteiger charge is -2.29. The molecular weight excluding hydrogens is 294 g/mol. The van der Waals surface area contributed by atoms with Crippen LogP contribution in [0, 0.1) is 5.41 Å². The minimum atomic E-state index is -0.867. The number of benzene rings is 1. The molecule has 1 atom stereocenters. The number of amides is 1. The van der Waals surface area contributed by atoms with E-state index < -0.39 is 11.4 Å². The Kier molecular flexibility index (Phi) is 5.29. The van der Waals surface area contributed by atoms with Gasteiger partial charge in [0.15, 0.2) is 0 Å². The lowest BCUT2D eigenvalue weighted by Crippen LogP contribution is -2.34. The number of hydrogen-bond acceptors (Lipinski definition) is 3. The highest BCUT2D eigenvalue weighted by Crippen LogP contribution is 2.36. The second kappa shape index (κ2) is 7.02. The number of hydrogen-bond donors (Lipinski definition) is 1. The van der Waals surface area contributed by atoms with Crippen LogP contribution in [-0.4, -0.2) is 35.5 Å². The van der Waals surface area contributed by atoms with Crippen LogP contribution in [-0.2, 0) is 9.59 Å². The van der Waals surface area contributed by atoms with Crippen molar-refractivity contribution in [1.29, 1.82) is 0 Å². The molecule has 126 valence electrons. The van der Waals surface area contributed by atoms with Gasteiger partial charge in [0.1, 0.15) is 5.75 Å². The minimum Gasteiger partial charge on any atom is -0.497 e. The predicted molar refractivity (Wildman–Crippen MR) is 87.3 cm³/mol. The monoisotopic (exact) mass is 319 g/mol. The Labute approximate surface area is 137 Å². The van der Waals surface area contributed by atoms with Gasteiger partial charge in [0.25, 0.3) is 0 Å². The molecule has 1 aromatic rings. The van der Waals surface area contributed by atoms with Crippen LogP contribution in [0.2, 0.25) is 0 Å². The Morgan fingerprint density at radius 2 is 2.09 bits per heavy atom. The summed E-state index contributed by atoms with van der Waals surface area (Å²) in [5.74, 6) is -0.0526. The van der Waals surface area contributed by atoms with Gasteiger partial charge >= 0.3 is 5.97 Å². The van der Waals surface area contributed by atoms with Crippen LogP contribution in [0.1, 0.15) is 51.1 Å². The summed E-state index contributed by atoms with van der Waals surface area (Å²) >= 11 is 0. The van der Waals surface area contributed by atoms with E-state index in [1.807, 2.05) is 43.0 Å². The fourth-order valence-electron chi connectivity index (χ4n) is 3.24. The number of carboxylic acids is 1. The molecule has 1 aliphatic heterocycles. The fraction of sp³-hybridized carbons (Fsp3) is 0.556. The van der Waals surface area contributed by atoms with Gasteiger partial charge in [-0.15, -0.1) is 0 Å². The maximum Gasteiger partial charge on any atom is 0.303 e. The number of nitrogens with zero attached hydrogens (tertiary/aromatic N) is 1. The van der Waals surface area contributed by atoms with Crippen molar-refractivity contribution in [1.82, 2.24) is 4.90 Å². The van der Waals surface area contributed by atoms with E-state index in [9.17, 15) is 9.59 Å². The van der Waals surface area contributed by atoms with E-state index in [1.165, 1.54) is 0 Å². The average molecular weight is 319 g/mol. The molecule has 0 spiro atoms. The molecule has 1 aromatic carbocycles. The van der Waals surface area contributed by atoms with E-state index >= 15 is 0 Å². The summed E-state index contributed by atoms with van der Waals surface area (Å²) in [6.45, 7) is 4.38. The van der Waals surface area contributed by atoms with Gasteiger partial charge in [-0.3, -0.25) is 9.59 Å². The normalized spacial score (nSPS) is 18.0. The number of carboxylic acid groups (broad SMARTS) is 1. The van der Waals surface area contributed by atoms with Crippen LogP contribution < -0.4 is 4.74 Å². The van der Waals surface area contributed by atoms with Gasteiger partial charge in [-0.2, -0.15) is 0 Å². The number of likely N-dealkylation sites (tertiary alicyclic amines) is 1. The van der Waals surface area contributed by atoms with E-state index in [2.05, 4.69) is 0 Å². The Balaban J connectivity index is 2.11. The van der Waals surface area contributed by atoms with Gasteiger partial charge < -0.3 is 14.7 Å². The fourth-order valence-corrected chi connectivity index (χ4v) is 3.24. The molecule has 2 rings (SSSR count). The van der Waals surface area contributed by atoms with E-state index in [4.69, 9.17) is 9.84 Å². The summed E-state index contributed by atoms with van der Waals surface area (Å²) in [6.07, 6.45) is 2.14. The summed E-state index contributed by atoms with van der Waals surface area (Å²) in [4.78, 5) is 25.5. The molecule has 0 bridgehead atoms. The van der Waals surface area contributed by atoms with E-state index in [0.29, 0.717) is 0 Å². The first kappa shape index (κ1) is 17.3. The van der Waals surface area contributed by atoms with Crippen molar-refractivity contribution in [3.05, 3.63) is 29.8 Å². The highest BCUT2D eigenvalue weighted by atomic mass is 16.5. The van der Waals surface area contributed by atoms with E-state index in [1.54, 1.807) is 7.11 Å². The molecule has 0 aromatic heterocycles. The molecule has 1 fully saturated rings. The van der Waals surface area contributed by atoms with Gasteiger partial charge in [-0.1, -0.05) is 26.0 Å². The van der Waals surface area contributed by atoms with Crippen molar-refractivity contribution in [3.8, 4) is 5.75 Å². The summed E-state index contributed by atoms with van der Waals surface area (Å²) in [7, 11) is 1.63. The van der Waals surface area contributed by atoms with Crippen LogP contribution in [0.15, 0.2) is 24.3 Å². The number of rotatable bonds is 6. The van der Waals surface area contributed by atoms with Crippen molar-refractivity contribution in [2.75, 3.05) is 13.7 Å². The largest absolute Gasteiger partial charge is 0.497 e. The number of methoxy groups -OCH3 is 1. The molecule has 0 saturated carbocycles. The van der Waals surface area contributed by atoms with Crippen molar-refractivity contribution in [3.63, 3.8) is 0 Å². The van der Waals surface area contributed by atoms with Crippen molar-refractivity contribution >= 4 is 11.9 Å². The average Bonchev–Trinajstić information content (AvgIpc) is 2.95. The molecule has 23 heavy (non-hydrogen) atoms. The lowest BCUT2D eigenvalue weighted by atomic mass is 9.85. The molecular formula is C18H25NO4. The summed E-state index contributed by atoms with van der Waals surface area (Å²) < 4.78 is 5.27. The smallest absolute Gasteiger partial charge is 0.303 e. The third kappa shape index (κ3) is 4.47. The maximum absolute atomic E-state index is 12.7. The zero-order chi connectivity index (χ0) is 17.0. The third-order valence-electron chi connectivity index (χ3n) is 4.31. The van der Waals surface area contributed by atoms with Gasteiger partial charge in [-0.25, -0.2) is 0 Å². The Hall–Kier alpha value is -2.04. The molecule has 1 heterocycles. The summed E-state index contributed by atoms with van der Waals surface area (Å²) in [6, 6.07) is 7.86. The second-order valence-electron chi connectivity index (χ2n) is 6.93. The first-order valence-electron chi connectivity index (χ1n) is 7.97. The predicted octanol–water partition coefficient (Wildman–Crippen LogP) is 3.25. The molecule has 0 aliphatic carbocycles. The number of carbonyl (C=O) groups is 2. The van der Waals surface area contributed by atoms with E-state index in [0.717, 1.165) is 30.7 Å². The van der Waals surface area contributed by atoms with Crippen LogP contribution in [0.4, 0.5) is 0 Å². The van der Waals surface area contributed by atoms with Gasteiger partial charge in [0.2, 0.25) is 5.91 Å². The molecule has 1 N–H and O–H groups in total. The topological polar surface area (TPSA) is 66.8 Å². The maximum atomic E-state index is 12.7. The first-order chi connectivity index (χ1) is 10.8. The Morgan fingerprint density at radius 3 is 2.74 bits per heavy atom. The molecule has 1 unspecified atom stereocenters. The zero-order valence-corrected chi connectivity index (χ0v) is 14.0. The molecule has 0 radical (unpaired) electrons. The van der Waals surface area contributed by atoms with Gasteiger partial charge in [0, 0.05) is 13.0 Å². The van der Waals surface area contributed by atoms with E-state index in [-0.39, 0.29) is 24.8 Å². The number of ether oxygens (including phenoxy) is 1. The van der Waals surface area contributed by atoms with Crippen LogP contribution >= 0.6 is 0 Å². The first-order valence-corrected chi connectivity index (χ1v) is 7.97. The van der Waals surface area contributed by atoms with Gasteiger partial charge in [-0.05, 0) is 36.0 Å². The minimum absolute atomic E-state index is 0.00356. The van der Waals surface area contributed by atoms with Crippen molar-refractivity contribution in [2.45, 2.75) is 45.6 Å². The zero-order valence-electron chi connectivity index (χ0n) is 14.0. The lowest BCUT2D eigenvalue weighted by molar-refractivity contribution is -0.141. The number of carbonyl (C=O) groups excluding carboxylic acids is 1. The summed E-state index contributed by atoms with van der Waals surface area (Å²) in [5, 5.41) is 8.98. The standard InChI is InChI=1S/C18H25NO4/c1-18(2,12-17(21)22)11-16(20)19-9-5-8-15(19)13-6-4-7-14(10-13)23-3/h4,6-7,10,15H,5,8-9,11-12H2,1-3H3,(H,21,22). The Bertz CT molecular complexity index is 582.